The Morgan fingerprint density at radius 2 is 1.50 bits per heavy atom. The fourth-order valence-corrected chi connectivity index (χ4v) is 3.47. The van der Waals surface area contributed by atoms with Crippen LogP contribution in [0.4, 0.5) is 0 Å². The topological polar surface area (TPSA) is 20.3 Å². The van der Waals surface area contributed by atoms with E-state index in [1.807, 2.05) is 6.07 Å². The van der Waals surface area contributed by atoms with Gasteiger partial charge in [0.2, 0.25) is 0 Å². The lowest BCUT2D eigenvalue weighted by Gasteiger charge is -2.41. The van der Waals surface area contributed by atoms with Gasteiger partial charge >= 0.3 is 0 Å². The Labute approximate surface area is 131 Å². The van der Waals surface area contributed by atoms with E-state index >= 15 is 0 Å². The molecule has 22 heavy (non-hydrogen) atoms. The molecule has 5 rings (SSSR count). The molecule has 3 heterocycles. The number of nitrogens with zero attached hydrogens (tertiary/aromatic N) is 1. The average Bonchev–Trinajstić information content (AvgIpc) is 2.60. The first-order valence-electron chi connectivity index (χ1n) is 7.97. The van der Waals surface area contributed by atoms with Crippen molar-refractivity contribution in [1.82, 2.24) is 4.90 Å². The molecule has 2 aromatic rings. The number of Topliss-reactive ketones (excluding diaryl/α,β-unsaturated/α-hetero) is 1. The minimum Gasteiger partial charge on any atom is -0.369 e. The minimum atomic E-state index is 0.264. The summed E-state index contributed by atoms with van der Waals surface area (Å²) in [6.45, 7) is 2.06. The molecule has 2 bridgehead atoms. The van der Waals surface area contributed by atoms with E-state index in [2.05, 4.69) is 59.5 Å². The molecule has 0 radical (unpaired) electrons. The normalized spacial score (nSPS) is 19.9. The smallest absolute Gasteiger partial charge is 0.182 e. The van der Waals surface area contributed by atoms with Crippen LogP contribution in [-0.4, -0.2) is 23.8 Å². The van der Waals surface area contributed by atoms with Crippen LogP contribution in [0.3, 0.4) is 0 Å². The predicted molar refractivity (Wildman–Crippen MR) is 89.2 cm³/mol. The van der Waals surface area contributed by atoms with E-state index in [0.29, 0.717) is 5.78 Å². The molecule has 3 aliphatic heterocycles. The number of ketones is 1. The molecule has 0 saturated carbocycles. The Bertz CT molecular complexity index is 707. The van der Waals surface area contributed by atoms with E-state index in [1.165, 1.54) is 11.1 Å². The number of piperidine rings is 3. The zero-order chi connectivity index (χ0) is 14.9. The SMILES string of the molecule is O=C1/C(=C/c2ccc(-c3ccccc3)cc2)N2CCC1CC2. The van der Waals surface area contributed by atoms with Crippen LogP contribution in [0.2, 0.25) is 0 Å². The highest BCUT2D eigenvalue weighted by Crippen LogP contribution is 2.32. The Balaban J connectivity index is 1.61. The third-order valence-electron chi connectivity index (χ3n) is 4.78. The molecular formula is C20H19NO. The monoisotopic (exact) mass is 289 g/mol. The largest absolute Gasteiger partial charge is 0.369 e. The number of allylic oxidation sites excluding steroid dienone is 1. The summed E-state index contributed by atoms with van der Waals surface area (Å²) in [5.41, 5.74) is 4.45. The first-order valence-corrected chi connectivity index (χ1v) is 7.97. The molecule has 3 fully saturated rings. The summed E-state index contributed by atoms with van der Waals surface area (Å²) in [4.78, 5) is 14.6. The van der Waals surface area contributed by atoms with Crippen molar-refractivity contribution >= 4 is 11.9 Å². The van der Waals surface area contributed by atoms with Crippen LogP contribution in [0.1, 0.15) is 18.4 Å². The Morgan fingerprint density at radius 3 is 2.14 bits per heavy atom. The predicted octanol–water partition coefficient (Wildman–Crippen LogP) is 3.99. The molecule has 3 saturated heterocycles. The first kappa shape index (κ1) is 13.3. The van der Waals surface area contributed by atoms with Crippen molar-refractivity contribution in [2.45, 2.75) is 12.8 Å². The maximum absolute atomic E-state index is 12.4. The van der Waals surface area contributed by atoms with E-state index in [1.54, 1.807) is 0 Å². The molecule has 0 aliphatic carbocycles. The highest BCUT2D eigenvalue weighted by molar-refractivity contribution is 6.01. The van der Waals surface area contributed by atoms with E-state index < -0.39 is 0 Å². The molecule has 3 aliphatic rings. The van der Waals surface area contributed by atoms with Crippen molar-refractivity contribution in [3.8, 4) is 11.1 Å². The highest BCUT2D eigenvalue weighted by atomic mass is 16.1. The van der Waals surface area contributed by atoms with Crippen molar-refractivity contribution in [2.75, 3.05) is 13.1 Å². The Hall–Kier alpha value is -2.35. The lowest BCUT2D eigenvalue weighted by Crippen LogP contribution is -2.45. The van der Waals surface area contributed by atoms with Gasteiger partial charge in [-0.05, 0) is 35.6 Å². The van der Waals surface area contributed by atoms with Gasteiger partial charge in [0.25, 0.3) is 0 Å². The number of fused-ring (bicyclic) bond motifs is 3. The standard InChI is InChI=1S/C20H19NO/c22-20-18-10-12-21(13-11-18)19(20)14-15-6-8-17(9-7-15)16-4-2-1-3-5-16/h1-9,14,18H,10-13H2/b19-14-. The zero-order valence-corrected chi connectivity index (χ0v) is 12.5. The summed E-state index contributed by atoms with van der Waals surface area (Å²) in [5, 5.41) is 0. The molecule has 2 heteroatoms. The lowest BCUT2D eigenvalue weighted by molar-refractivity contribution is -0.125. The summed E-state index contributed by atoms with van der Waals surface area (Å²) in [7, 11) is 0. The average molecular weight is 289 g/mol. The van der Waals surface area contributed by atoms with Gasteiger partial charge in [0.05, 0.1) is 5.70 Å². The van der Waals surface area contributed by atoms with Gasteiger partial charge in [0.15, 0.2) is 5.78 Å². The number of hydrogen-bond acceptors (Lipinski definition) is 2. The third-order valence-corrected chi connectivity index (χ3v) is 4.78. The van der Waals surface area contributed by atoms with Crippen molar-refractivity contribution in [2.24, 2.45) is 5.92 Å². The molecule has 0 amide bonds. The van der Waals surface area contributed by atoms with E-state index in [-0.39, 0.29) is 5.92 Å². The lowest BCUT2D eigenvalue weighted by atomic mass is 9.84. The molecule has 110 valence electrons. The summed E-state index contributed by atoms with van der Waals surface area (Å²) in [5.74, 6) is 0.601. The second kappa shape index (κ2) is 5.45. The van der Waals surface area contributed by atoms with Gasteiger partial charge < -0.3 is 4.90 Å². The van der Waals surface area contributed by atoms with Crippen LogP contribution >= 0.6 is 0 Å². The van der Waals surface area contributed by atoms with Crippen LogP contribution in [0.15, 0.2) is 60.3 Å². The fourth-order valence-electron chi connectivity index (χ4n) is 3.47. The molecule has 0 spiro atoms. The number of rotatable bonds is 2. The van der Waals surface area contributed by atoms with Crippen LogP contribution < -0.4 is 0 Å². The quantitative estimate of drug-likeness (QED) is 0.779. The van der Waals surface area contributed by atoms with Crippen molar-refractivity contribution in [1.29, 1.82) is 0 Å². The van der Waals surface area contributed by atoms with Gasteiger partial charge in [-0.1, -0.05) is 54.6 Å². The fraction of sp³-hybridized carbons (Fsp3) is 0.250. The maximum atomic E-state index is 12.4. The van der Waals surface area contributed by atoms with Crippen molar-refractivity contribution in [3.05, 3.63) is 65.9 Å². The summed E-state index contributed by atoms with van der Waals surface area (Å²) < 4.78 is 0. The third kappa shape index (κ3) is 2.35. The second-order valence-corrected chi connectivity index (χ2v) is 6.14. The summed E-state index contributed by atoms with van der Waals surface area (Å²) in [6.07, 6.45) is 4.12. The van der Waals surface area contributed by atoms with Gasteiger partial charge in [0.1, 0.15) is 0 Å². The van der Waals surface area contributed by atoms with Crippen LogP contribution in [0, 0.1) is 5.92 Å². The van der Waals surface area contributed by atoms with Crippen LogP contribution in [-0.2, 0) is 4.79 Å². The molecule has 0 N–H and O–H groups in total. The van der Waals surface area contributed by atoms with Crippen molar-refractivity contribution < 1.29 is 4.79 Å². The molecule has 0 atom stereocenters. The molecular weight excluding hydrogens is 270 g/mol. The van der Waals surface area contributed by atoms with Crippen molar-refractivity contribution in [3.63, 3.8) is 0 Å². The number of hydrogen-bond donors (Lipinski definition) is 0. The molecule has 0 unspecified atom stereocenters. The molecule has 2 nitrogen and oxygen atoms in total. The van der Waals surface area contributed by atoms with E-state index in [0.717, 1.165) is 37.2 Å². The zero-order valence-electron chi connectivity index (χ0n) is 12.5. The van der Waals surface area contributed by atoms with E-state index in [4.69, 9.17) is 0 Å². The molecule has 0 aromatic heterocycles. The summed E-state index contributed by atoms with van der Waals surface area (Å²) in [6, 6.07) is 18.8. The van der Waals surface area contributed by atoms with Gasteiger partial charge in [0, 0.05) is 19.0 Å². The summed E-state index contributed by atoms with van der Waals surface area (Å²) >= 11 is 0. The van der Waals surface area contributed by atoms with Gasteiger partial charge in [-0.25, -0.2) is 0 Å². The Kier molecular flexibility index (Phi) is 3.30. The Morgan fingerprint density at radius 1 is 0.864 bits per heavy atom. The van der Waals surface area contributed by atoms with Crippen LogP contribution in [0.25, 0.3) is 17.2 Å². The van der Waals surface area contributed by atoms with Gasteiger partial charge in [-0.15, -0.1) is 0 Å². The highest BCUT2D eigenvalue weighted by Gasteiger charge is 2.36. The van der Waals surface area contributed by atoms with Crippen LogP contribution in [0.5, 0.6) is 0 Å². The number of benzene rings is 2. The van der Waals surface area contributed by atoms with E-state index in [9.17, 15) is 4.79 Å². The minimum absolute atomic E-state index is 0.264. The molecule has 2 aromatic carbocycles. The first-order chi connectivity index (χ1) is 10.8. The van der Waals surface area contributed by atoms with Gasteiger partial charge in [-0.3, -0.25) is 4.79 Å². The second-order valence-electron chi connectivity index (χ2n) is 6.14. The van der Waals surface area contributed by atoms with Gasteiger partial charge in [-0.2, -0.15) is 0 Å². The maximum Gasteiger partial charge on any atom is 0.182 e. The number of carbonyl (C=O) groups excluding carboxylic acids is 1. The number of carbonyl (C=O) groups is 1.